The molecule has 0 unspecified atom stereocenters. The van der Waals surface area contributed by atoms with E-state index in [0.29, 0.717) is 24.3 Å². The van der Waals surface area contributed by atoms with E-state index in [4.69, 9.17) is 28.4 Å². The Morgan fingerprint density at radius 1 is 0.872 bits per heavy atom. The number of hydrogen-bond acceptors (Lipinski definition) is 12. The zero-order valence-corrected chi connectivity index (χ0v) is 22.0. The second kappa shape index (κ2) is 12.6. The van der Waals surface area contributed by atoms with Crippen molar-refractivity contribution in [2.75, 3.05) is 41.2 Å². The molecule has 2 aliphatic heterocycles. The molecule has 2 saturated heterocycles. The summed E-state index contributed by atoms with van der Waals surface area (Å²) in [5.74, 6) is 0.180. The van der Waals surface area contributed by atoms with Gasteiger partial charge in [0.15, 0.2) is 29.3 Å². The molecule has 0 aromatic heterocycles. The van der Waals surface area contributed by atoms with E-state index < -0.39 is 43.4 Å². The van der Waals surface area contributed by atoms with Crippen LogP contribution in [0.1, 0.15) is 17.2 Å². The van der Waals surface area contributed by atoms with Crippen molar-refractivity contribution >= 4 is 0 Å². The molecule has 6 N–H and O–H groups in total. The maximum Gasteiger partial charge on any atom is 0.200 e. The van der Waals surface area contributed by atoms with Gasteiger partial charge in [0.25, 0.3) is 0 Å². The molecule has 8 atom stereocenters. The Morgan fingerprint density at radius 2 is 1.54 bits per heavy atom. The molecule has 2 fully saturated rings. The van der Waals surface area contributed by atoms with Crippen molar-refractivity contribution in [3.63, 3.8) is 0 Å². The van der Waals surface area contributed by atoms with Gasteiger partial charge in [0.2, 0.25) is 5.75 Å². The van der Waals surface area contributed by atoms with Crippen LogP contribution in [0.15, 0.2) is 30.3 Å². The van der Waals surface area contributed by atoms with E-state index in [1.54, 1.807) is 30.3 Å². The maximum atomic E-state index is 10.5. The van der Waals surface area contributed by atoms with Crippen molar-refractivity contribution in [1.29, 1.82) is 0 Å². The lowest BCUT2D eigenvalue weighted by molar-refractivity contribution is -0.304. The molecular formula is C27H36O12. The second-order valence-corrected chi connectivity index (χ2v) is 9.69. The van der Waals surface area contributed by atoms with E-state index in [0.717, 1.165) is 5.56 Å². The van der Waals surface area contributed by atoms with E-state index in [1.165, 1.54) is 21.3 Å². The number of rotatable bonds is 10. The zero-order chi connectivity index (χ0) is 28.3. The molecule has 4 rings (SSSR count). The average Bonchev–Trinajstić information content (AvgIpc) is 3.34. The molecule has 2 aliphatic rings. The van der Waals surface area contributed by atoms with Crippen LogP contribution < -0.4 is 14.2 Å². The predicted octanol–water partition coefficient (Wildman–Crippen LogP) is 0.486. The number of methoxy groups -OCH3 is 3. The van der Waals surface area contributed by atoms with Crippen molar-refractivity contribution in [3.8, 4) is 28.7 Å². The van der Waals surface area contributed by atoms with Crippen molar-refractivity contribution < 1.29 is 59.1 Å². The van der Waals surface area contributed by atoms with Gasteiger partial charge in [0, 0.05) is 5.92 Å². The first kappa shape index (κ1) is 29.2. The van der Waals surface area contributed by atoms with Crippen molar-refractivity contribution in [3.05, 3.63) is 41.5 Å². The standard InChI is InChI=1S/C27H36O12/c1-34-18-7-13(4-5-17(18)29)6-15-11-37-26(14-8-19(35-2)22(30)20(9-14)36-3)16(15)12-38-27-25(33)24(32)23(31)21(10-28)39-27/h4-5,7-9,15-16,21,23-33H,6,10-12H2,1-3H3/t15-,16-,21-,23-,24+,25-,26-,27-/m1/s1. The topological polar surface area (TPSA) is 177 Å². The third kappa shape index (κ3) is 6.02. The number of ether oxygens (including phenoxy) is 6. The van der Waals surface area contributed by atoms with E-state index in [1.807, 2.05) is 0 Å². The summed E-state index contributed by atoms with van der Waals surface area (Å²) in [4.78, 5) is 0. The lowest BCUT2D eigenvalue weighted by Gasteiger charge is -2.40. The molecule has 12 heteroatoms. The molecule has 2 aromatic rings. The highest BCUT2D eigenvalue weighted by atomic mass is 16.7. The van der Waals surface area contributed by atoms with Gasteiger partial charge < -0.3 is 59.1 Å². The maximum absolute atomic E-state index is 10.5. The largest absolute Gasteiger partial charge is 0.504 e. The van der Waals surface area contributed by atoms with E-state index in [-0.39, 0.29) is 41.4 Å². The first-order chi connectivity index (χ1) is 18.7. The fraction of sp³-hybridized carbons (Fsp3) is 0.556. The van der Waals surface area contributed by atoms with E-state index in [9.17, 15) is 30.6 Å². The number of benzene rings is 2. The minimum absolute atomic E-state index is 0.0126. The summed E-state index contributed by atoms with van der Waals surface area (Å²) in [6, 6.07) is 8.37. The van der Waals surface area contributed by atoms with Crippen LogP contribution in [-0.2, 0) is 20.6 Å². The number of aliphatic hydroxyl groups is 4. The van der Waals surface area contributed by atoms with E-state index >= 15 is 0 Å². The number of phenols is 2. The quantitative estimate of drug-likeness (QED) is 0.241. The molecule has 2 heterocycles. The molecule has 12 nitrogen and oxygen atoms in total. The van der Waals surface area contributed by atoms with Crippen LogP contribution in [0.4, 0.5) is 0 Å². The molecule has 0 spiro atoms. The van der Waals surface area contributed by atoms with Gasteiger partial charge in [-0.05, 0) is 47.7 Å². The van der Waals surface area contributed by atoms with Crippen molar-refractivity contribution in [2.45, 2.75) is 43.2 Å². The molecule has 2 aromatic carbocycles. The summed E-state index contributed by atoms with van der Waals surface area (Å²) in [5, 5.41) is 60.6. The smallest absolute Gasteiger partial charge is 0.200 e. The Balaban J connectivity index is 1.62. The Labute approximate surface area is 225 Å². The van der Waals surface area contributed by atoms with Crippen LogP contribution in [0.2, 0.25) is 0 Å². The van der Waals surface area contributed by atoms with Gasteiger partial charge >= 0.3 is 0 Å². The van der Waals surface area contributed by atoms with Gasteiger partial charge in [0.05, 0.1) is 47.3 Å². The first-order valence-electron chi connectivity index (χ1n) is 12.6. The second-order valence-electron chi connectivity index (χ2n) is 9.69. The normalized spacial score (nSPS) is 30.7. The average molecular weight is 553 g/mol. The summed E-state index contributed by atoms with van der Waals surface area (Å²) in [6.45, 7) is -0.223. The third-order valence-corrected chi connectivity index (χ3v) is 7.36. The minimum atomic E-state index is -1.57. The lowest BCUT2D eigenvalue weighted by Crippen LogP contribution is -2.59. The van der Waals surface area contributed by atoms with Gasteiger partial charge in [-0.25, -0.2) is 0 Å². The highest BCUT2D eigenvalue weighted by Crippen LogP contribution is 2.46. The molecule has 216 valence electrons. The van der Waals surface area contributed by atoms with Gasteiger partial charge in [0.1, 0.15) is 24.4 Å². The van der Waals surface area contributed by atoms with Crippen LogP contribution in [0.25, 0.3) is 0 Å². The van der Waals surface area contributed by atoms with Crippen LogP contribution >= 0.6 is 0 Å². The number of hydrogen-bond donors (Lipinski definition) is 6. The molecule has 0 amide bonds. The van der Waals surface area contributed by atoms with Crippen molar-refractivity contribution in [1.82, 2.24) is 0 Å². The van der Waals surface area contributed by atoms with Crippen LogP contribution in [0.3, 0.4) is 0 Å². The summed E-state index contributed by atoms with van der Waals surface area (Å²) >= 11 is 0. The van der Waals surface area contributed by atoms with Gasteiger partial charge in [-0.2, -0.15) is 0 Å². The summed E-state index contributed by atoms with van der Waals surface area (Å²) in [6.07, 6.45) is -7.03. The van der Waals surface area contributed by atoms with Crippen LogP contribution in [-0.4, -0.2) is 102 Å². The SMILES string of the molecule is COc1cc(C[C@@H]2CO[C@H](c3cc(OC)c(O)c(OC)c3)[C@@H]2CO[C@@H]2O[C@H](CO)[C@@H](O)[C@H](O)[C@H]2O)ccc1O. The number of aliphatic hydroxyl groups excluding tert-OH is 4. The Morgan fingerprint density at radius 3 is 2.15 bits per heavy atom. The Bertz CT molecular complexity index is 1080. The Hall–Kier alpha value is -2.84. The molecular weight excluding hydrogens is 516 g/mol. The Kier molecular flexibility index (Phi) is 9.39. The summed E-state index contributed by atoms with van der Waals surface area (Å²) in [7, 11) is 4.32. The molecule has 0 bridgehead atoms. The molecule has 0 aliphatic carbocycles. The molecule has 0 saturated carbocycles. The number of aromatic hydroxyl groups is 2. The van der Waals surface area contributed by atoms with Gasteiger partial charge in [-0.1, -0.05) is 6.07 Å². The third-order valence-electron chi connectivity index (χ3n) is 7.36. The number of phenolic OH excluding ortho intramolecular Hbond substituents is 2. The van der Waals surface area contributed by atoms with Gasteiger partial charge in [-0.15, -0.1) is 0 Å². The summed E-state index contributed by atoms with van der Waals surface area (Å²) in [5.41, 5.74) is 1.55. The van der Waals surface area contributed by atoms with Crippen molar-refractivity contribution in [2.24, 2.45) is 11.8 Å². The highest BCUT2D eigenvalue weighted by molar-refractivity contribution is 5.53. The summed E-state index contributed by atoms with van der Waals surface area (Å²) < 4.78 is 33.6. The van der Waals surface area contributed by atoms with Crippen LogP contribution in [0, 0.1) is 11.8 Å². The highest BCUT2D eigenvalue weighted by Gasteiger charge is 2.46. The molecule has 39 heavy (non-hydrogen) atoms. The fourth-order valence-corrected chi connectivity index (χ4v) is 5.14. The predicted molar refractivity (Wildman–Crippen MR) is 135 cm³/mol. The first-order valence-corrected chi connectivity index (χ1v) is 12.6. The monoisotopic (exact) mass is 552 g/mol. The fourth-order valence-electron chi connectivity index (χ4n) is 5.14. The molecule has 0 radical (unpaired) electrons. The lowest BCUT2D eigenvalue weighted by atomic mass is 9.84. The minimum Gasteiger partial charge on any atom is -0.504 e. The zero-order valence-electron chi connectivity index (χ0n) is 22.0. The van der Waals surface area contributed by atoms with E-state index in [2.05, 4.69) is 0 Å². The van der Waals surface area contributed by atoms with Crippen LogP contribution in [0.5, 0.6) is 28.7 Å². The van der Waals surface area contributed by atoms with Gasteiger partial charge in [-0.3, -0.25) is 0 Å².